The lowest BCUT2D eigenvalue weighted by Gasteiger charge is -2.13. The van der Waals surface area contributed by atoms with Gasteiger partial charge in [0.1, 0.15) is 6.10 Å². The zero-order valence-corrected chi connectivity index (χ0v) is 7.53. The third-order valence-electron chi connectivity index (χ3n) is 1.83. The van der Waals surface area contributed by atoms with Crippen LogP contribution in [0.15, 0.2) is 18.5 Å². The molecule has 15 heavy (non-hydrogen) atoms. The molecule has 0 bridgehead atoms. The average molecular weight is 208 g/mol. The maximum absolute atomic E-state index is 10.7. The van der Waals surface area contributed by atoms with E-state index in [9.17, 15) is 9.90 Å². The van der Waals surface area contributed by atoms with Crippen LogP contribution in [0.5, 0.6) is 0 Å². The summed E-state index contributed by atoms with van der Waals surface area (Å²) in [6.45, 7) is 0. The highest BCUT2D eigenvalue weighted by Crippen LogP contribution is 2.19. The highest BCUT2D eigenvalue weighted by molar-refractivity contribution is 5.89. The van der Waals surface area contributed by atoms with Crippen molar-refractivity contribution in [2.24, 2.45) is 0 Å². The number of hydrogen-bond acceptors (Lipinski definition) is 5. The minimum atomic E-state index is -1.67. The SMILES string of the molecule is N#CC(O)C(O)c1cnccc1C(=O)O. The van der Waals surface area contributed by atoms with Gasteiger partial charge in [-0.3, -0.25) is 4.98 Å². The van der Waals surface area contributed by atoms with Crippen molar-refractivity contribution < 1.29 is 20.1 Å². The van der Waals surface area contributed by atoms with E-state index in [0.29, 0.717) is 0 Å². The standard InChI is InChI=1S/C9H8N2O4/c10-3-7(12)8(13)6-4-11-2-1-5(6)9(14)15/h1-2,4,7-8,12-13H,(H,14,15). The van der Waals surface area contributed by atoms with Crippen LogP contribution in [0.4, 0.5) is 0 Å². The molecule has 78 valence electrons. The first-order valence-corrected chi connectivity index (χ1v) is 4.01. The summed E-state index contributed by atoms with van der Waals surface area (Å²) in [6, 6.07) is 2.60. The number of aromatic nitrogens is 1. The van der Waals surface area contributed by atoms with Crippen LogP contribution in [0.25, 0.3) is 0 Å². The molecule has 0 saturated heterocycles. The van der Waals surface area contributed by atoms with Crippen LogP contribution in [-0.4, -0.2) is 32.4 Å². The van der Waals surface area contributed by atoms with Crippen LogP contribution in [-0.2, 0) is 0 Å². The summed E-state index contributed by atoms with van der Waals surface area (Å²) in [7, 11) is 0. The van der Waals surface area contributed by atoms with Gasteiger partial charge in [-0.1, -0.05) is 0 Å². The summed E-state index contributed by atoms with van der Waals surface area (Å²) in [4.78, 5) is 14.4. The number of carboxylic acids is 1. The molecule has 0 aliphatic heterocycles. The molecule has 0 aliphatic rings. The molecule has 0 aliphatic carbocycles. The van der Waals surface area contributed by atoms with Crippen LogP contribution in [0.1, 0.15) is 22.0 Å². The fourth-order valence-electron chi connectivity index (χ4n) is 1.08. The molecule has 6 nitrogen and oxygen atoms in total. The molecule has 0 aromatic carbocycles. The number of aromatic carboxylic acids is 1. The number of aliphatic hydroxyl groups is 2. The van der Waals surface area contributed by atoms with E-state index in [-0.39, 0.29) is 11.1 Å². The number of pyridine rings is 1. The number of nitrogens with zero attached hydrogens (tertiary/aromatic N) is 2. The lowest BCUT2D eigenvalue weighted by molar-refractivity contribution is 0.0496. The van der Waals surface area contributed by atoms with E-state index in [0.717, 1.165) is 6.20 Å². The smallest absolute Gasteiger partial charge is 0.336 e. The maximum Gasteiger partial charge on any atom is 0.336 e. The summed E-state index contributed by atoms with van der Waals surface area (Å²) >= 11 is 0. The molecule has 1 rings (SSSR count). The van der Waals surface area contributed by atoms with Gasteiger partial charge in [-0.25, -0.2) is 4.79 Å². The zero-order valence-electron chi connectivity index (χ0n) is 7.53. The first kappa shape index (κ1) is 11.1. The highest BCUT2D eigenvalue weighted by Gasteiger charge is 2.23. The van der Waals surface area contributed by atoms with Gasteiger partial charge in [0.2, 0.25) is 0 Å². The lowest BCUT2D eigenvalue weighted by atomic mass is 10.0. The first-order chi connectivity index (χ1) is 7.07. The molecule has 1 heterocycles. The molecule has 0 spiro atoms. The lowest BCUT2D eigenvalue weighted by Crippen LogP contribution is -2.19. The summed E-state index contributed by atoms with van der Waals surface area (Å²) in [5.41, 5.74) is -0.272. The van der Waals surface area contributed by atoms with Crippen LogP contribution < -0.4 is 0 Å². The van der Waals surface area contributed by atoms with Crippen molar-refractivity contribution in [1.29, 1.82) is 5.26 Å². The molecule has 0 radical (unpaired) electrons. The van der Waals surface area contributed by atoms with Crippen molar-refractivity contribution in [2.75, 3.05) is 0 Å². The fraction of sp³-hybridized carbons (Fsp3) is 0.222. The van der Waals surface area contributed by atoms with E-state index in [1.54, 1.807) is 0 Å². The van der Waals surface area contributed by atoms with E-state index in [4.69, 9.17) is 15.5 Å². The average Bonchev–Trinajstić information content (AvgIpc) is 2.27. The number of nitriles is 1. The second-order valence-corrected chi connectivity index (χ2v) is 2.79. The summed E-state index contributed by atoms with van der Waals surface area (Å²) in [5, 5.41) is 35.6. The van der Waals surface area contributed by atoms with Gasteiger partial charge in [0.25, 0.3) is 0 Å². The van der Waals surface area contributed by atoms with Crippen molar-refractivity contribution in [3.05, 3.63) is 29.6 Å². The Morgan fingerprint density at radius 2 is 2.20 bits per heavy atom. The summed E-state index contributed by atoms with van der Waals surface area (Å²) < 4.78 is 0. The van der Waals surface area contributed by atoms with Gasteiger partial charge < -0.3 is 15.3 Å². The van der Waals surface area contributed by atoms with Crippen LogP contribution in [0, 0.1) is 11.3 Å². The van der Waals surface area contributed by atoms with Crippen LogP contribution >= 0.6 is 0 Å². The van der Waals surface area contributed by atoms with Gasteiger partial charge in [0, 0.05) is 18.0 Å². The van der Waals surface area contributed by atoms with Crippen molar-refractivity contribution in [2.45, 2.75) is 12.2 Å². The zero-order chi connectivity index (χ0) is 11.4. The number of carbonyl (C=O) groups is 1. The van der Waals surface area contributed by atoms with Gasteiger partial charge in [-0.15, -0.1) is 0 Å². The Kier molecular flexibility index (Phi) is 3.33. The van der Waals surface area contributed by atoms with Crippen molar-refractivity contribution >= 4 is 5.97 Å². The van der Waals surface area contributed by atoms with Crippen molar-refractivity contribution in [1.82, 2.24) is 4.98 Å². The third kappa shape index (κ3) is 2.28. The molecule has 2 atom stereocenters. The van der Waals surface area contributed by atoms with E-state index >= 15 is 0 Å². The second-order valence-electron chi connectivity index (χ2n) is 2.79. The van der Waals surface area contributed by atoms with Gasteiger partial charge in [-0.2, -0.15) is 5.26 Å². The van der Waals surface area contributed by atoms with Crippen molar-refractivity contribution in [3.63, 3.8) is 0 Å². The quantitative estimate of drug-likeness (QED) is 0.587. The number of rotatable bonds is 3. The second kappa shape index (κ2) is 4.50. The Morgan fingerprint density at radius 3 is 2.73 bits per heavy atom. The highest BCUT2D eigenvalue weighted by atomic mass is 16.4. The van der Waals surface area contributed by atoms with Crippen LogP contribution in [0.2, 0.25) is 0 Å². The molecule has 1 aromatic rings. The molecule has 0 saturated carbocycles. The number of aliphatic hydroxyl groups excluding tert-OH is 2. The van der Waals surface area contributed by atoms with Gasteiger partial charge in [0.05, 0.1) is 11.6 Å². The molecule has 2 unspecified atom stereocenters. The summed E-state index contributed by atoms with van der Waals surface area (Å²) in [6.07, 6.45) is -0.894. The molecular formula is C9H8N2O4. The third-order valence-corrected chi connectivity index (χ3v) is 1.83. The van der Waals surface area contributed by atoms with E-state index in [1.165, 1.54) is 18.3 Å². The fourth-order valence-corrected chi connectivity index (χ4v) is 1.08. The Bertz CT molecular complexity index is 413. The minimum absolute atomic E-state index is 0.0842. The van der Waals surface area contributed by atoms with Gasteiger partial charge in [-0.05, 0) is 6.07 Å². The molecular weight excluding hydrogens is 200 g/mol. The maximum atomic E-state index is 10.7. The molecule has 0 amide bonds. The van der Waals surface area contributed by atoms with E-state index < -0.39 is 18.2 Å². The largest absolute Gasteiger partial charge is 0.478 e. The Labute approximate surface area is 85.0 Å². The topological polar surface area (TPSA) is 114 Å². The van der Waals surface area contributed by atoms with Gasteiger partial charge >= 0.3 is 5.97 Å². The van der Waals surface area contributed by atoms with E-state index in [1.807, 2.05) is 0 Å². The Morgan fingerprint density at radius 1 is 1.53 bits per heavy atom. The predicted octanol–water partition coefficient (Wildman–Crippen LogP) is -0.302. The molecule has 6 heteroatoms. The van der Waals surface area contributed by atoms with E-state index in [2.05, 4.69) is 4.98 Å². The normalized spacial score (nSPS) is 13.9. The molecule has 3 N–H and O–H groups in total. The van der Waals surface area contributed by atoms with Crippen molar-refractivity contribution in [3.8, 4) is 6.07 Å². The molecule has 0 fully saturated rings. The first-order valence-electron chi connectivity index (χ1n) is 4.01. The van der Waals surface area contributed by atoms with Gasteiger partial charge in [0.15, 0.2) is 6.10 Å². The van der Waals surface area contributed by atoms with Crippen LogP contribution in [0.3, 0.4) is 0 Å². The Balaban J connectivity index is 3.14. The predicted molar refractivity (Wildman–Crippen MR) is 47.8 cm³/mol. The number of hydrogen-bond donors (Lipinski definition) is 3. The monoisotopic (exact) mass is 208 g/mol. The molecule has 1 aromatic heterocycles. The summed E-state index contributed by atoms with van der Waals surface area (Å²) in [5.74, 6) is -1.25. The minimum Gasteiger partial charge on any atom is -0.478 e. The number of carboxylic acid groups (broad SMARTS) is 1. The Hall–Kier alpha value is -1.97.